The minimum absolute atomic E-state index is 0. The third-order valence-corrected chi connectivity index (χ3v) is 10.4. The van der Waals surface area contributed by atoms with E-state index in [2.05, 4.69) is 13.8 Å². The summed E-state index contributed by atoms with van der Waals surface area (Å²) in [7, 11) is -5.54. The summed E-state index contributed by atoms with van der Waals surface area (Å²) in [6.07, 6.45) is 39.7. The normalized spacial score (nSPS) is 11.7. The maximum atomic E-state index is 11.7. The molecule has 0 aliphatic carbocycles. The number of allylic oxidation sites excluding steroid dienone is 2. The first kappa shape index (κ1) is 56.8. The Morgan fingerprint density at radius 2 is 0.679 bits per heavy atom. The second-order valence-electron chi connectivity index (χ2n) is 14.2. The van der Waals surface area contributed by atoms with Crippen molar-refractivity contribution in [3.05, 3.63) is 24.3 Å². The van der Waals surface area contributed by atoms with Crippen LogP contribution >= 0.6 is 0 Å². The largest absolute Gasteiger partial charge is 2.00 e. The topological polar surface area (TPSA) is 155 Å². The van der Waals surface area contributed by atoms with Crippen LogP contribution in [0.3, 0.4) is 0 Å². The van der Waals surface area contributed by atoms with Crippen molar-refractivity contribution in [1.29, 1.82) is 0 Å². The Bertz CT molecular complexity index is 1040. The van der Waals surface area contributed by atoms with Crippen LogP contribution in [0, 0.1) is 0 Å². The van der Waals surface area contributed by atoms with E-state index in [0.29, 0.717) is 0 Å². The summed E-state index contributed by atoms with van der Waals surface area (Å²) < 4.78 is 63.3. The Balaban J connectivity index is -0.000000926. The van der Waals surface area contributed by atoms with Crippen molar-refractivity contribution in [2.24, 2.45) is 0 Å². The predicted octanol–water partition coefficient (Wildman–Crippen LogP) is 8.89. The molecule has 0 rings (SSSR count). The van der Waals surface area contributed by atoms with E-state index < -0.39 is 31.7 Å². The van der Waals surface area contributed by atoms with E-state index >= 15 is 0 Å². The van der Waals surface area contributed by atoms with Gasteiger partial charge in [0.05, 0.1) is 31.7 Å². The van der Waals surface area contributed by atoms with Crippen LogP contribution in [-0.4, -0.2) is 124 Å². The molecular weight excluding hydrogens is 741 g/mol. The number of carbonyl (C=O) groups is 2. The summed E-state index contributed by atoms with van der Waals surface area (Å²) in [5.74, 6) is -1.59. The van der Waals surface area contributed by atoms with Gasteiger partial charge >= 0.3 is 37.7 Å². The Morgan fingerprint density at radius 3 is 0.906 bits per heavy atom. The molecule has 0 saturated heterocycles. The zero-order valence-corrected chi connectivity index (χ0v) is 38.0. The van der Waals surface area contributed by atoms with Crippen molar-refractivity contribution in [1.82, 2.24) is 9.80 Å². The second-order valence-corrected chi connectivity index (χ2v) is 17.3. The van der Waals surface area contributed by atoms with Gasteiger partial charge in [-0.3, -0.25) is 9.59 Å². The van der Waals surface area contributed by atoms with Gasteiger partial charge in [-0.1, -0.05) is 167 Å². The molecule has 0 N–H and O–H groups in total. The zero-order chi connectivity index (χ0) is 39.4. The number of rotatable bonds is 34. The average molecular weight is 817 g/mol. The van der Waals surface area contributed by atoms with E-state index in [4.69, 9.17) is 0 Å². The molecule has 0 saturated carbocycles. The van der Waals surface area contributed by atoms with E-state index in [1.54, 1.807) is 0 Å². The molecular formula is C40H76CaN2O8S2. The molecule has 0 aromatic rings. The van der Waals surface area contributed by atoms with Gasteiger partial charge in [0.15, 0.2) is 0 Å². The predicted molar refractivity (Wildman–Crippen MR) is 220 cm³/mol. The Kier molecular flexibility index (Phi) is 42.6. The summed E-state index contributed by atoms with van der Waals surface area (Å²) >= 11 is 0. The Labute approximate surface area is 356 Å². The minimum atomic E-state index is -4.27. The molecule has 10 nitrogen and oxygen atoms in total. The number of unbranched alkanes of at least 4 members (excludes halogenated alkanes) is 24. The van der Waals surface area contributed by atoms with Gasteiger partial charge in [-0.25, -0.2) is 16.8 Å². The quantitative estimate of drug-likeness (QED) is 0.0270. The molecule has 0 aromatic heterocycles. The number of amides is 2. The summed E-state index contributed by atoms with van der Waals surface area (Å²) in [6, 6.07) is 0. The van der Waals surface area contributed by atoms with E-state index in [9.17, 15) is 35.5 Å². The monoisotopic (exact) mass is 816 g/mol. The summed E-state index contributed by atoms with van der Waals surface area (Å²) in [6.45, 7) is 4.37. The molecule has 0 unspecified atom stereocenters. The molecule has 53 heavy (non-hydrogen) atoms. The van der Waals surface area contributed by atoms with Gasteiger partial charge < -0.3 is 18.9 Å². The van der Waals surface area contributed by atoms with Gasteiger partial charge in [0.25, 0.3) is 0 Å². The van der Waals surface area contributed by atoms with Crippen LogP contribution in [0.4, 0.5) is 0 Å². The first-order chi connectivity index (χ1) is 24.7. The van der Waals surface area contributed by atoms with Gasteiger partial charge in [-0.2, -0.15) is 0 Å². The van der Waals surface area contributed by atoms with Crippen LogP contribution in [0.2, 0.25) is 0 Å². The van der Waals surface area contributed by atoms with Crippen molar-refractivity contribution < 1.29 is 35.5 Å². The third kappa shape index (κ3) is 47.6. The molecule has 0 heterocycles. The molecule has 13 heteroatoms. The van der Waals surface area contributed by atoms with Crippen LogP contribution in [-0.2, 0) is 29.8 Å². The van der Waals surface area contributed by atoms with Crippen LogP contribution in [0.15, 0.2) is 24.3 Å². The van der Waals surface area contributed by atoms with E-state index in [1.807, 2.05) is 12.2 Å². The number of carbonyl (C=O) groups excluding carboxylic acids is 2. The molecule has 0 aliphatic rings. The number of hydrogen-bond donors (Lipinski definition) is 0. The fraction of sp³-hybridized carbons (Fsp3) is 0.850. The van der Waals surface area contributed by atoms with Crippen molar-refractivity contribution in [3.63, 3.8) is 0 Å². The van der Waals surface area contributed by atoms with Gasteiger partial charge in [0.1, 0.15) is 0 Å². The number of likely N-dealkylation sites (N-methyl/N-ethyl adjacent to an activating group) is 2. The molecule has 0 aliphatic heterocycles. The fourth-order valence-electron chi connectivity index (χ4n) is 5.55. The molecule has 0 radical (unpaired) electrons. The molecule has 0 fully saturated rings. The van der Waals surface area contributed by atoms with Crippen molar-refractivity contribution in [2.75, 3.05) is 38.7 Å². The third-order valence-electron chi connectivity index (χ3n) is 9.08. The Hall–Kier alpha value is -0.500. The SMILES string of the molecule is CCCCCCCCCCCCCC/C=C/C(=O)N(C)CCS(=O)(=O)[O-].CCCCCCCCCCCCCC/C=C/C(=O)N(C)CCS(=O)(=O)[O-].[Ca+2]. The van der Waals surface area contributed by atoms with Crippen LogP contribution < -0.4 is 0 Å². The number of nitrogens with zero attached hydrogens (tertiary/aromatic N) is 2. The summed E-state index contributed by atoms with van der Waals surface area (Å²) in [4.78, 5) is 26.0. The second kappa shape index (κ2) is 39.7. The molecule has 0 atom stereocenters. The summed E-state index contributed by atoms with van der Waals surface area (Å²) in [5, 5.41) is 0. The standard InChI is InChI=1S/2C20H39NO4S.Ca/c2*1-3-4-5-6-7-8-9-10-11-12-13-14-15-16-17-20(22)21(2)18-19-26(23,24)25;/h2*16-17H,3-15,18-19H2,1-2H3,(H,23,24,25);/q;;+2/p-2/b2*17-16+;. The first-order valence-corrected chi connectivity index (χ1v) is 23.6. The van der Waals surface area contributed by atoms with Crippen LogP contribution in [0.25, 0.3) is 0 Å². The van der Waals surface area contributed by atoms with Gasteiger partial charge in [0, 0.05) is 27.2 Å². The first-order valence-electron chi connectivity index (χ1n) is 20.4. The number of hydrogen-bond acceptors (Lipinski definition) is 8. The van der Waals surface area contributed by atoms with Gasteiger partial charge in [-0.05, 0) is 37.8 Å². The average Bonchev–Trinajstić information content (AvgIpc) is 3.09. The van der Waals surface area contributed by atoms with E-state index in [-0.39, 0.29) is 62.6 Å². The van der Waals surface area contributed by atoms with Gasteiger partial charge in [-0.15, -0.1) is 0 Å². The summed E-state index contributed by atoms with van der Waals surface area (Å²) in [5.41, 5.74) is 0. The van der Waals surface area contributed by atoms with Crippen molar-refractivity contribution in [2.45, 2.75) is 181 Å². The van der Waals surface area contributed by atoms with Crippen LogP contribution in [0.1, 0.15) is 181 Å². The Morgan fingerprint density at radius 1 is 0.453 bits per heavy atom. The maximum Gasteiger partial charge on any atom is 2.00 e. The van der Waals surface area contributed by atoms with Crippen LogP contribution in [0.5, 0.6) is 0 Å². The smallest absolute Gasteiger partial charge is 0.748 e. The fourth-order valence-corrected chi connectivity index (χ4v) is 6.54. The minimum Gasteiger partial charge on any atom is -0.748 e. The van der Waals surface area contributed by atoms with Crippen molar-refractivity contribution in [3.8, 4) is 0 Å². The molecule has 0 bridgehead atoms. The van der Waals surface area contributed by atoms with Crippen molar-refractivity contribution >= 4 is 69.8 Å². The molecule has 0 aromatic carbocycles. The molecule has 2 amide bonds. The van der Waals surface area contributed by atoms with E-state index in [1.165, 1.54) is 177 Å². The molecule has 0 spiro atoms. The van der Waals surface area contributed by atoms with Gasteiger partial charge in [0.2, 0.25) is 11.8 Å². The van der Waals surface area contributed by atoms with E-state index in [0.717, 1.165) is 25.7 Å². The molecule has 308 valence electrons. The maximum absolute atomic E-state index is 11.7. The zero-order valence-electron chi connectivity index (χ0n) is 34.2.